The minimum absolute atomic E-state index is 0.297. The van der Waals surface area contributed by atoms with Crippen LogP contribution in [0.3, 0.4) is 0 Å². The van der Waals surface area contributed by atoms with E-state index in [2.05, 4.69) is 17.5 Å². The molecule has 4 nitrogen and oxygen atoms in total. The zero-order valence-electron chi connectivity index (χ0n) is 11.1. The average Bonchev–Trinajstić information content (AvgIpc) is 2.36. The SMILES string of the molecule is CC(C)CC(C=O)NC(O)OCC1C=CC=CC1. The van der Waals surface area contributed by atoms with E-state index >= 15 is 0 Å². The number of rotatable bonds is 8. The van der Waals surface area contributed by atoms with Crippen LogP contribution in [0.1, 0.15) is 26.7 Å². The van der Waals surface area contributed by atoms with Crippen LogP contribution in [0.15, 0.2) is 24.3 Å². The Hall–Kier alpha value is -0.970. The number of hydrogen-bond donors (Lipinski definition) is 2. The van der Waals surface area contributed by atoms with Gasteiger partial charge in [0.15, 0.2) is 0 Å². The molecule has 1 aliphatic rings. The molecule has 102 valence electrons. The summed E-state index contributed by atoms with van der Waals surface area (Å²) < 4.78 is 5.30. The number of nitrogens with one attached hydrogen (secondary N) is 1. The summed E-state index contributed by atoms with van der Waals surface area (Å²) in [6.45, 7) is 4.51. The van der Waals surface area contributed by atoms with E-state index < -0.39 is 6.41 Å². The topological polar surface area (TPSA) is 58.6 Å². The van der Waals surface area contributed by atoms with Crippen molar-refractivity contribution >= 4 is 6.29 Å². The zero-order chi connectivity index (χ0) is 13.4. The van der Waals surface area contributed by atoms with E-state index in [9.17, 15) is 9.90 Å². The molecular formula is C14H23NO3. The number of aliphatic hydroxyl groups excluding tert-OH is 1. The Morgan fingerprint density at radius 3 is 2.83 bits per heavy atom. The highest BCUT2D eigenvalue weighted by Crippen LogP contribution is 2.12. The van der Waals surface area contributed by atoms with Crippen LogP contribution in [0.5, 0.6) is 0 Å². The molecule has 0 aliphatic heterocycles. The molecular weight excluding hydrogens is 230 g/mol. The molecule has 4 heteroatoms. The molecule has 0 amide bonds. The van der Waals surface area contributed by atoms with Gasteiger partial charge in [0, 0.05) is 5.92 Å². The smallest absolute Gasteiger partial charge is 0.214 e. The van der Waals surface area contributed by atoms with E-state index in [0.29, 0.717) is 24.9 Å². The lowest BCUT2D eigenvalue weighted by Gasteiger charge is -2.21. The van der Waals surface area contributed by atoms with E-state index in [0.717, 1.165) is 12.7 Å². The highest BCUT2D eigenvalue weighted by atomic mass is 16.6. The zero-order valence-corrected chi connectivity index (χ0v) is 11.1. The van der Waals surface area contributed by atoms with Crippen LogP contribution in [0, 0.1) is 11.8 Å². The third-order valence-corrected chi connectivity index (χ3v) is 2.78. The number of allylic oxidation sites excluding steroid dienone is 3. The van der Waals surface area contributed by atoms with Crippen LogP contribution in [0.25, 0.3) is 0 Å². The maximum absolute atomic E-state index is 10.8. The molecule has 1 rings (SSSR count). The third kappa shape index (κ3) is 6.10. The third-order valence-electron chi connectivity index (χ3n) is 2.78. The van der Waals surface area contributed by atoms with Crippen LogP contribution >= 0.6 is 0 Å². The second-order valence-corrected chi connectivity index (χ2v) is 5.03. The van der Waals surface area contributed by atoms with Crippen molar-refractivity contribution in [3.8, 4) is 0 Å². The van der Waals surface area contributed by atoms with Crippen LogP contribution in [0.2, 0.25) is 0 Å². The minimum atomic E-state index is -1.08. The average molecular weight is 253 g/mol. The van der Waals surface area contributed by atoms with Gasteiger partial charge in [-0.3, -0.25) is 5.32 Å². The first-order valence-electron chi connectivity index (χ1n) is 6.46. The molecule has 0 radical (unpaired) electrons. The molecule has 0 saturated carbocycles. The van der Waals surface area contributed by atoms with Gasteiger partial charge in [-0.05, 0) is 18.8 Å². The van der Waals surface area contributed by atoms with Crippen molar-refractivity contribution in [3.05, 3.63) is 24.3 Å². The second kappa shape index (κ2) is 8.19. The maximum atomic E-state index is 10.8. The van der Waals surface area contributed by atoms with Crippen molar-refractivity contribution in [3.63, 3.8) is 0 Å². The molecule has 0 aromatic rings. The number of ether oxygens (including phenoxy) is 1. The minimum Gasteiger partial charge on any atom is -0.356 e. The second-order valence-electron chi connectivity index (χ2n) is 5.03. The molecule has 0 aromatic heterocycles. The number of aliphatic hydroxyl groups is 1. The van der Waals surface area contributed by atoms with E-state index in [1.54, 1.807) is 0 Å². The van der Waals surface area contributed by atoms with Gasteiger partial charge in [-0.15, -0.1) is 0 Å². The maximum Gasteiger partial charge on any atom is 0.214 e. The number of hydrogen-bond acceptors (Lipinski definition) is 4. The van der Waals surface area contributed by atoms with Crippen LogP contribution in [0.4, 0.5) is 0 Å². The van der Waals surface area contributed by atoms with Gasteiger partial charge in [0.25, 0.3) is 0 Å². The molecule has 18 heavy (non-hydrogen) atoms. The Morgan fingerprint density at radius 2 is 2.28 bits per heavy atom. The normalized spacial score (nSPS) is 22.1. The lowest BCUT2D eigenvalue weighted by atomic mass is 10.0. The number of carbonyl (C=O) groups is 1. The van der Waals surface area contributed by atoms with Gasteiger partial charge in [0.05, 0.1) is 12.6 Å². The summed E-state index contributed by atoms with van der Waals surface area (Å²) in [4.78, 5) is 10.8. The van der Waals surface area contributed by atoms with Gasteiger partial charge in [-0.1, -0.05) is 38.2 Å². The molecule has 0 aromatic carbocycles. The molecule has 1 aliphatic carbocycles. The van der Waals surface area contributed by atoms with Gasteiger partial charge in [-0.2, -0.15) is 0 Å². The van der Waals surface area contributed by atoms with Gasteiger partial charge in [-0.25, -0.2) is 0 Å². The van der Waals surface area contributed by atoms with E-state index in [1.807, 2.05) is 26.0 Å². The van der Waals surface area contributed by atoms with E-state index in [1.165, 1.54) is 0 Å². The van der Waals surface area contributed by atoms with Crippen LogP contribution < -0.4 is 5.32 Å². The van der Waals surface area contributed by atoms with Gasteiger partial charge < -0.3 is 14.6 Å². The molecule has 2 N–H and O–H groups in total. The first-order chi connectivity index (χ1) is 8.61. The van der Waals surface area contributed by atoms with Crippen LogP contribution in [-0.2, 0) is 9.53 Å². The fourth-order valence-corrected chi connectivity index (χ4v) is 1.87. The monoisotopic (exact) mass is 253 g/mol. The summed E-state index contributed by atoms with van der Waals surface area (Å²) in [6, 6.07) is -0.359. The van der Waals surface area contributed by atoms with Crippen molar-refractivity contribution in [2.45, 2.75) is 39.1 Å². The molecule has 0 heterocycles. The van der Waals surface area contributed by atoms with Crippen molar-refractivity contribution in [1.82, 2.24) is 5.32 Å². The first-order valence-corrected chi connectivity index (χ1v) is 6.46. The quantitative estimate of drug-likeness (QED) is 0.510. The van der Waals surface area contributed by atoms with E-state index in [4.69, 9.17) is 4.74 Å². The van der Waals surface area contributed by atoms with Crippen molar-refractivity contribution in [2.75, 3.05) is 6.61 Å². The Kier molecular flexibility index (Phi) is 6.86. The highest BCUT2D eigenvalue weighted by Gasteiger charge is 2.15. The lowest BCUT2D eigenvalue weighted by Crippen LogP contribution is -2.42. The molecule has 0 spiro atoms. The number of aldehydes is 1. The Labute approximate surface area is 109 Å². The highest BCUT2D eigenvalue weighted by molar-refractivity contribution is 5.57. The summed E-state index contributed by atoms with van der Waals surface area (Å²) in [7, 11) is 0. The van der Waals surface area contributed by atoms with E-state index in [-0.39, 0.29) is 6.04 Å². The Balaban J connectivity index is 2.23. The lowest BCUT2D eigenvalue weighted by molar-refractivity contribution is -0.138. The standard InChI is InChI=1S/C14H23NO3/c1-11(2)8-13(9-16)15-14(17)18-10-12-6-4-3-5-7-12/h3-6,9,11-15,17H,7-8,10H2,1-2H3. The van der Waals surface area contributed by atoms with Gasteiger partial charge in [0.2, 0.25) is 6.41 Å². The fraction of sp³-hybridized carbons (Fsp3) is 0.643. The van der Waals surface area contributed by atoms with Crippen molar-refractivity contribution < 1.29 is 14.6 Å². The van der Waals surface area contributed by atoms with Gasteiger partial charge in [0.1, 0.15) is 6.29 Å². The molecule has 0 fully saturated rings. The number of carbonyl (C=O) groups excluding carboxylic acids is 1. The fourth-order valence-electron chi connectivity index (χ4n) is 1.87. The van der Waals surface area contributed by atoms with Crippen molar-refractivity contribution in [2.24, 2.45) is 11.8 Å². The molecule has 0 saturated heterocycles. The van der Waals surface area contributed by atoms with Gasteiger partial charge >= 0.3 is 0 Å². The molecule has 3 unspecified atom stereocenters. The summed E-state index contributed by atoms with van der Waals surface area (Å²) >= 11 is 0. The largest absolute Gasteiger partial charge is 0.356 e. The van der Waals surface area contributed by atoms with Crippen LogP contribution in [-0.4, -0.2) is 30.5 Å². The Bertz CT molecular complexity index is 299. The summed E-state index contributed by atoms with van der Waals surface area (Å²) in [5, 5.41) is 12.4. The summed E-state index contributed by atoms with van der Waals surface area (Å²) in [6.07, 6.45) is 9.44. The van der Waals surface area contributed by atoms with Crippen molar-refractivity contribution in [1.29, 1.82) is 0 Å². The first kappa shape index (κ1) is 15.1. The summed E-state index contributed by atoms with van der Waals surface area (Å²) in [5.41, 5.74) is 0. The molecule has 3 atom stereocenters. The predicted octanol–water partition coefficient (Wildman–Crippen LogP) is 1.61. The predicted molar refractivity (Wildman–Crippen MR) is 70.8 cm³/mol. The summed E-state index contributed by atoms with van der Waals surface area (Å²) in [5.74, 6) is 0.692. The molecule has 0 bridgehead atoms. The Morgan fingerprint density at radius 1 is 1.50 bits per heavy atom.